The third kappa shape index (κ3) is 3.48. The minimum Gasteiger partial charge on any atom is -0.493 e. The fourth-order valence-corrected chi connectivity index (χ4v) is 10.9. The van der Waals surface area contributed by atoms with Crippen LogP contribution in [0, 0.1) is 18.4 Å². The van der Waals surface area contributed by atoms with Crippen LogP contribution < -0.4 is 19.8 Å². The molecule has 0 radical (unpaired) electrons. The molecule has 5 rings (SSSR count). The van der Waals surface area contributed by atoms with Gasteiger partial charge in [0, 0.05) is 16.7 Å². The molecule has 0 aromatic heterocycles. The van der Waals surface area contributed by atoms with E-state index in [2.05, 4.69) is 118 Å². The summed E-state index contributed by atoms with van der Waals surface area (Å²) in [5.41, 5.74) is 10.9. The minimum atomic E-state index is -2.70. The van der Waals surface area contributed by atoms with Crippen LogP contribution >= 0.6 is 0 Å². The molecule has 3 heteroatoms. The monoisotopic (exact) mass is 488 g/mol. The van der Waals surface area contributed by atoms with Crippen LogP contribution in [0.1, 0.15) is 31.9 Å². The zero-order chi connectivity index (χ0) is 25.5. The van der Waals surface area contributed by atoms with Crippen LogP contribution in [0.2, 0.25) is 5.04 Å². The van der Waals surface area contributed by atoms with Gasteiger partial charge in [-0.1, -0.05) is 99.5 Å². The van der Waals surface area contributed by atoms with Gasteiger partial charge in [-0.2, -0.15) is 0 Å². The quantitative estimate of drug-likeness (QED) is 0.238. The third-order valence-corrected chi connectivity index (χ3v) is 12.6. The number of benzene rings is 4. The summed E-state index contributed by atoms with van der Waals surface area (Å²) in [6, 6.07) is 29.8. The van der Waals surface area contributed by atoms with Gasteiger partial charge < -0.3 is 9.47 Å². The van der Waals surface area contributed by atoms with Gasteiger partial charge in [-0.3, -0.25) is 0 Å². The molecule has 0 amide bonds. The summed E-state index contributed by atoms with van der Waals surface area (Å²) in [4.78, 5) is 0. The van der Waals surface area contributed by atoms with E-state index in [0.717, 1.165) is 33.8 Å². The van der Waals surface area contributed by atoms with Gasteiger partial charge in [-0.05, 0) is 51.2 Å². The molecule has 1 aliphatic heterocycles. The Morgan fingerprint density at radius 2 is 1.28 bits per heavy atom. The van der Waals surface area contributed by atoms with Crippen LogP contribution in [-0.4, -0.2) is 22.3 Å². The predicted molar refractivity (Wildman–Crippen MR) is 153 cm³/mol. The number of rotatable bonds is 3. The molecule has 0 saturated heterocycles. The average Bonchev–Trinajstić information content (AvgIpc) is 3.20. The van der Waals surface area contributed by atoms with Crippen molar-refractivity contribution in [3.63, 3.8) is 0 Å². The lowest BCUT2D eigenvalue weighted by atomic mass is 9.93. The first-order valence-electron chi connectivity index (χ1n) is 12.4. The lowest BCUT2D eigenvalue weighted by Gasteiger charge is -2.39. The molecule has 1 atom stereocenters. The van der Waals surface area contributed by atoms with E-state index in [9.17, 15) is 0 Å². The van der Waals surface area contributed by atoms with Crippen molar-refractivity contribution in [3.05, 3.63) is 96.1 Å². The summed E-state index contributed by atoms with van der Waals surface area (Å²) in [6.45, 7) is 9.21. The molecule has 0 bridgehead atoms. The van der Waals surface area contributed by atoms with E-state index in [-0.39, 0.29) is 5.04 Å². The summed E-state index contributed by atoms with van der Waals surface area (Å²) in [6.07, 6.45) is 0. The van der Waals surface area contributed by atoms with Gasteiger partial charge in [0.15, 0.2) is 11.5 Å². The Morgan fingerprint density at radius 1 is 0.694 bits per heavy atom. The first-order valence-corrected chi connectivity index (χ1v) is 14.4. The lowest BCUT2D eigenvalue weighted by Crippen LogP contribution is -2.61. The summed E-state index contributed by atoms with van der Waals surface area (Å²) < 4.78 is 12.2. The second-order valence-electron chi connectivity index (χ2n) is 10.3. The Hall–Kier alpha value is -3.74. The number of ether oxygens (including phenoxy) is 2. The molecule has 1 heterocycles. The minimum absolute atomic E-state index is 0.0916. The van der Waals surface area contributed by atoms with Crippen molar-refractivity contribution in [1.82, 2.24) is 0 Å². The second kappa shape index (κ2) is 9.04. The van der Waals surface area contributed by atoms with Crippen LogP contribution in [0.25, 0.3) is 22.3 Å². The molecule has 0 spiro atoms. The molecule has 2 nitrogen and oxygen atoms in total. The maximum atomic E-state index is 6.14. The van der Waals surface area contributed by atoms with E-state index < -0.39 is 8.07 Å². The number of fused-ring (bicyclic) bond motifs is 3. The zero-order valence-electron chi connectivity index (χ0n) is 21.9. The van der Waals surface area contributed by atoms with Crippen LogP contribution in [-0.2, 0) is 0 Å². The van der Waals surface area contributed by atoms with Gasteiger partial charge in [-0.15, -0.1) is 5.54 Å². The number of hydrogen-bond donors (Lipinski definition) is 0. The molecule has 36 heavy (non-hydrogen) atoms. The fraction of sp³-hybridized carbons (Fsp3) is 0.212. The Balaban J connectivity index is 2.02. The molecule has 0 saturated carbocycles. The normalized spacial score (nSPS) is 15.9. The van der Waals surface area contributed by atoms with Gasteiger partial charge in [0.05, 0.1) is 14.2 Å². The number of hydrogen-bond acceptors (Lipinski definition) is 2. The Labute approximate surface area is 215 Å². The molecule has 0 aliphatic carbocycles. The second-order valence-corrected chi connectivity index (χ2v) is 14.6. The standard InChI is InChI=1S/C33H32O2Si/c1-23-28-26-19-13-14-20-27(26)36(33(2,3)4,22-21-24-15-9-7-10-16-24)32(28)29(25-17-11-8-12-18-25)31(35-6)30(23)34-5/h7-20H,1-6H3/t36-/m0/s1. The smallest absolute Gasteiger partial charge is 0.206 e. The van der Waals surface area contributed by atoms with Gasteiger partial charge >= 0.3 is 0 Å². The first kappa shape index (κ1) is 24.0. The largest absolute Gasteiger partial charge is 0.493 e. The van der Waals surface area contributed by atoms with Crippen LogP contribution in [0.3, 0.4) is 0 Å². The van der Waals surface area contributed by atoms with Crippen LogP contribution in [0.4, 0.5) is 0 Å². The summed E-state index contributed by atoms with van der Waals surface area (Å²) >= 11 is 0. The zero-order valence-corrected chi connectivity index (χ0v) is 22.9. The molecule has 180 valence electrons. The van der Waals surface area contributed by atoms with Crippen molar-refractivity contribution >= 4 is 18.4 Å². The third-order valence-electron chi connectivity index (χ3n) is 7.39. The van der Waals surface area contributed by atoms with E-state index in [1.165, 1.54) is 21.5 Å². The Kier molecular flexibility index (Phi) is 6.02. The van der Waals surface area contributed by atoms with Crippen molar-refractivity contribution in [2.75, 3.05) is 14.2 Å². The van der Waals surface area contributed by atoms with Crippen molar-refractivity contribution in [2.24, 2.45) is 0 Å². The van der Waals surface area contributed by atoms with Crippen LogP contribution in [0.15, 0.2) is 84.9 Å². The molecular weight excluding hydrogens is 456 g/mol. The van der Waals surface area contributed by atoms with Crippen molar-refractivity contribution in [2.45, 2.75) is 32.7 Å². The summed E-state index contributed by atoms with van der Waals surface area (Å²) in [5.74, 6) is 5.20. The van der Waals surface area contributed by atoms with Crippen molar-refractivity contribution in [1.29, 1.82) is 0 Å². The van der Waals surface area contributed by atoms with Gasteiger partial charge in [0.25, 0.3) is 0 Å². The lowest BCUT2D eigenvalue weighted by molar-refractivity contribution is 0.354. The highest BCUT2D eigenvalue weighted by Crippen LogP contribution is 2.51. The molecular formula is C33H32O2Si. The van der Waals surface area contributed by atoms with E-state index in [4.69, 9.17) is 9.47 Å². The van der Waals surface area contributed by atoms with E-state index in [1.54, 1.807) is 14.2 Å². The van der Waals surface area contributed by atoms with Crippen molar-refractivity contribution < 1.29 is 9.47 Å². The molecule has 0 N–H and O–H groups in total. The molecule has 0 fully saturated rings. The maximum Gasteiger partial charge on any atom is 0.206 e. The van der Waals surface area contributed by atoms with Gasteiger partial charge in [-0.25, -0.2) is 0 Å². The Bertz CT molecular complexity index is 1490. The SMILES string of the molecule is COc1c(C)c2c(c(-c3ccccc3)c1OC)[Si@@](C#Cc1ccccc1)(C(C)(C)C)c1ccccc1-2. The maximum absolute atomic E-state index is 6.14. The summed E-state index contributed by atoms with van der Waals surface area (Å²) in [5, 5.41) is 2.61. The van der Waals surface area contributed by atoms with Gasteiger partial charge in [0.2, 0.25) is 8.07 Å². The van der Waals surface area contributed by atoms with Gasteiger partial charge in [0.1, 0.15) is 0 Å². The highest BCUT2D eigenvalue weighted by Gasteiger charge is 2.55. The predicted octanol–water partition coefficient (Wildman–Crippen LogP) is 6.61. The van der Waals surface area contributed by atoms with Crippen LogP contribution in [0.5, 0.6) is 11.5 Å². The number of methoxy groups -OCH3 is 2. The molecule has 0 unspecified atom stereocenters. The Morgan fingerprint density at radius 3 is 1.89 bits per heavy atom. The fourth-order valence-electron chi connectivity index (χ4n) is 5.80. The molecule has 4 aromatic rings. The topological polar surface area (TPSA) is 18.5 Å². The highest BCUT2D eigenvalue weighted by atomic mass is 28.3. The van der Waals surface area contributed by atoms with Crippen molar-refractivity contribution in [3.8, 4) is 45.2 Å². The first-order chi connectivity index (χ1) is 17.3. The van der Waals surface area contributed by atoms with E-state index in [1.807, 2.05) is 6.07 Å². The summed E-state index contributed by atoms with van der Waals surface area (Å²) in [7, 11) is 0.780. The average molecular weight is 489 g/mol. The van der Waals surface area contributed by atoms with E-state index in [0.29, 0.717) is 0 Å². The molecule has 4 aromatic carbocycles. The van der Waals surface area contributed by atoms with E-state index >= 15 is 0 Å². The highest BCUT2D eigenvalue weighted by molar-refractivity contribution is 7.13. The molecule has 1 aliphatic rings.